The number of nitrogens with zero attached hydrogens (tertiary/aromatic N) is 1. The van der Waals surface area contributed by atoms with Gasteiger partial charge in [0.1, 0.15) is 6.61 Å². The summed E-state index contributed by atoms with van der Waals surface area (Å²) in [6, 6.07) is 21.1. The molecule has 136 valence electrons. The number of aliphatic imine (C=N–C) groups is 1. The first-order valence-electron chi connectivity index (χ1n) is 9.27. The number of epoxide rings is 1. The monoisotopic (exact) mass is 365 g/mol. The topological polar surface area (TPSA) is 34.1 Å². The summed E-state index contributed by atoms with van der Waals surface area (Å²) in [5.74, 6) is 0.786. The van der Waals surface area contributed by atoms with Crippen LogP contribution in [0, 0.1) is 0 Å². The minimum atomic E-state index is -1.88. The fraction of sp³-hybridized carbons (Fsp3) is 0.409. The first-order chi connectivity index (χ1) is 12.2. The lowest BCUT2D eigenvalue weighted by Crippen LogP contribution is -2.53. The Labute approximate surface area is 157 Å². The standard InChI is InChI=1S/C22H27NO2Si/c1-20(2)16-24-19(23-20)22(26(3,4)5)21(25-22,17-12-8-6-9-13-17)18-14-10-7-11-15-18/h6-15H,16H2,1-5H3/t22-/m0/s1. The van der Waals surface area contributed by atoms with Gasteiger partial charge < -0.3 is 9.47 Å². The lowest BCUT2D eigenvalue weighted by molar-refractivity contribution is 0.258. The average Bonchev–Trinajstić information content (AvgIpc) is 3.22. The van der Waals surface area contributed by atoms with Gasteiger partial charge in [0.05, 0.1) is 13.6 Å². The third-order valence-electron chi connectivity index (χ3n) is 5.44. The van der Waals surface area contributed by atoms with Crippen molar-refractivity contribution in [1.29, 1.82) is 0 Å². The maximum atomic E-state index is 6.81. The summed E-state index contributed by atoms with van der Waals surface area (Å²) in [7, 11) is -1.88. The summed E-state index contributed by atoms with van der Waals surface area (Å²) in [6.07, 6.45) is 0. The van der Waals surface area contributed by atoms with E-state index in [1.165, 1.54) is 11.1 Å². The fourth-order valence-electron chi connectivity index (χ4n) is 4.20. The van der Waals surface area contributed by atoms with Crippen LogP contribution < -0.4 is 0 Å². The van der Waals surface area contributed by atoms with Crippen molar-refractivity contribution >= 4 is 14.0 Å². The van der Waals surface area contributed by atoms with Crippen molar-refractivity contribution in [2.45, 2.75) is 49.9 Å². The van der Waals surface area contributed by atoms with E-state index >= 15 is 0 Å². The molecule has 0 spiro atoms. The molecule has 3 nitrogen and oxygen atoms in total. The van der Waals surface area contributed by atoms with E-state index in [1.807, 2.05) is 12.1 Å². The fourth-order valence-corrected chi connectivity index (χ4v) is 6.78. The van der Waals surface area contributed by atoms with Crippen LogP contribution in [0.15, 0.2) is 65.7 Å². The van der Waals surface area contributed by atoms with E-state index in [-0.39, 0.29) is 5.54 Å². The number of hydrogen-bond donors (Lipinski definition) is 0. The molecule has 1 fully saturated rings. The third-order valence-corrected chi connectivity index (χ3v) is 8.22. The molecule has 0 saturated carbocycles. The highest BCUT2D eigenvalue weighted by Gasteiger charge is 2.81. The lowest BCUT2D eigenvalue weighted by atomic mass is 9.87. The molecular weight excluding hydrogens is 338 g/mol. The van der Waals surface area contributed by atoms with Gasteiger partial charge in [-0.15, -0.1) is 0 Å². The zero-order valence-electron chi connectivity index (χ0n) is 16.2. The molecule has 1 saturated heterocycles. The zero-order chi connectivity index (χ0) is 18.6. The second-order valence-corrected chi connectivity index (χ2v) is 14.2. The Balaban J connectivity index is 1.96. The Morgan fingerprint density at radius 2 is 1.35 bits per heavy atom. The maximum Gasteiger partial charge on any atom is 0.217 e. The van der Waals surface area contributed by atoms with E-state index in [0.717, 1.165) is 5.90 Å². The smallest absolute Gasteiger partial charge is 0.217 e. The molecule has 0 aromatic heterocycles. The van der Waals surface area contributed by atoms with Gasteiger partial charge in [-0.3, -0.25) is 0 Å². The molecule has 2 aromatic rings. The van der Waals surface area contributed by atoms with Gasteiger partial charge in [-0.1, -0.05) is 80.3 Å². The van der Waals surface area contributed by atoms with Crippen LogP contribution in [0.5, 0.6) is 0 Å². The minimum absolute atomic E-state index is 0.201. The zero-order valence-corrected chi connectivity index (χ0v) is 17.2. The van der Waals surface area contributed by atoms with E-state index in [9.17, 15) is 0 Å². The first kappa shape index (κ1) is 17.5. The molecule has 4 rings (SSSR count). The van der Waals surface area contributed by atoms with Gasteiger partial charge in [-0.25, -0.2) is 4.99 Å². The molecule has 2 aliphatic heterocycles. The maximum absolute atomic E-state index is 6.81. The summed E-state index contributed by atoms with van der Waals surface area (Å²) >= 11 is 0. The Bertz CT molecular complexity index is 800. The predicted molar refractivity (Wildman–Crippen MR) is 108 cm³/mol. The van der Waals surface area contributed by atoms with Gasteiger partial charge in [0.2, 0.25) is 5.90 Å². The second-order valence-electron chi connectivity index (χ2n) is 8.96. The summed E-state index contributed by atoms with van der Waals surface area (Å²) in [6.45, 7) is 11.9. The van der Waals surface area contributed by atoms with Crippen LogP contribution in [0.3, 0.4) is 0 Å². The molecule has 2 aromatic carbocycles. The summed E-state index contributed by atoms with van der Waals surface area (Å²) < 4.78 is 13.0. The molecule has 26 heavy (non-hydrogen) atoms. The lowest BCUT2D eigenvalue weighted by Gasteiger charge is -2.30. The molecule has 0 N–H and O–H groups in total. The van der Waals surface area contributed by atoms with E-state index in [0.29, 0.717) is 6.61 Å². The summed E-state index contributed by atoms with van der Waals surface area (Å²) in [4.78, 5) is 4.97. The summed E-state index contributed by atoms with van der Waals surface area (Å²) in [5, 5.41) is -0.490. The molecule has 0 radical (unpaired) electrons. The van der Waals surface area contributed by atoms with Crippen molar-refractivity contribution in [3.63, 3.8) is 0 Å². The van der Waals surface area contributed by atoms with Crippen molar-refractivity contribution in [2.24, 2.45) is 4.99 Å². The van der Waals surface area contributed by atoms with Crippen LogP contribution in [0.25, 0.3) is 0 Å². The highest BCUT2D eigenvalue weighted by Crippen LogP contribution is 2.65. The van der Waals surface area contributed by atoms with Crippen LogP contribution in [0.1, 0.15) is 25.0 Å². The van der Waals surface area contributed by atoms with E-state index in [2.05, 4.69) is 82.0 Å². The number of benzene rings is 2. The van der Waals surface area contributed by atoms with Crippen LogP contribution in [-0.2, 0) is 15.1 Å². The Kier molecular flexibility index (Phi) is 3.73. The quantitative estimate of drug-likeness (QED) is 0.577. The Morgan fingerprint density at radius 1 is 0.846 bits per heavy atom. The first-order valence-corrected chi connectivity index (χ1v) is 12.8. The normalized spacial score (nSPS) is 26.1. The van der Waals surface area contributed by atoms with Crippen LogP contribution in [0.4, 0.5) is 0 Å². The van der Waals surface area contributed by atoms with Gasteiger partial charge in [-0.05, 0) is 25.0 Å². The van der Waals surface area contributed by atoms with Gasteiger partial charge in [0, 0.05) is 0 Å². The van der Waals surface area contributed by atoms with Crippen molar-refractivity contribution in [2.75, 3.05) is 6.61 Å². The second kappa shape index (κ2) is 5.54. The predicted octanol–water partition coefficient (Wildman–Crippen LogP) is 4.78. The van der Waals surface area contributed by atoms with Gasteiger partial charge in [-0.2, -0.15) is 0 Å². The summed E-state index contributed by atoms with van der Waals surface area (Å²) in [5.41, 5.74) is 1.61. The molecular formula is C22H27NO2Si. The molecule has 1 atom stereocenters. The van der Waals surface area contributed by atoms with Gasteiger partial charge >= 0.3 is 0 Å². The van der Waals surface area contributed by atoms with Crippen molar-refractivity contribution in [1.82, 2.24) is 0 Å². The SMILES string of the molecule is CC1(C)COC([C@@]2([Si](C)(C)C)OC2(c2ccccc2)c2ccccc2)=N1. The van der Waals surface area contributed by atoms with Crippen molar-refractivity contribution < 1.29 is 9.47 Å². The number of ether oxygens (including phenoxy) is 2. The average molecular weight is 366 g/mol. The highest BCUT2D eigenvalue weighted by atomic mass is 28.3. The molecule has 0 bridgehead atoms. The van der Waals surface area contributed by atoms with E-state index in [4.69, 9.17) is 14.5 Å². The van der Waals surface area contributed by atoms with Crippen molar-refractivity contribution in [3.8, 4) is 0 Å². The van der Waals surface area contributed by atoms with Crippen LogP contribution in [-0.4, -0.2) is 31.3 Å². The van der Waals surface area contributed by atoms with Gasteiger partial charge in [0.25, 0.3) is 0 Å². The number of rotatable bonds is 4. The highest BCUT2D eigenvalue weighted by molar-refractivity contribution is 6.83. The molecule has 0 amide bonds. The van der Waals surface area contributed by atoms with E-state index in [1.54, 1.807) is 0 Å². The molecule has 4 heteroatoms. The van der Waals surface area contributed by atoms with Crippen molar-refractivity contribution in [3.05, 3.63) is 71.8 Å². The molecule has 2 aliphatic rings. The molecule has 0 aliphatic carbocycles. The molecule has 0 unspecified atom stereocenters. The Morgan fingerprint density at radius 3 is 1.73 bits per heavy atom. The Hall–Kier alpha value is -1.91. The minimum Gasteiger partial charge on any atom is -0.476 e. The molecule has 2 heterocycles. The third kappa shape index (κ3) is 2.32. The van der Waals surface area contributed by atoms with Crippen LogP contribution in [0.2, 0.25) is 19.6 Å². The van der Waals surface area contributed by atoms with Gasteiger partial charge in [0.15, 0.2) is 10.8 Å². The van der Waals surface area contributed by atoms with E-state index < -0.39 is 18.9 Å². The number of hydrogen-bond acceptors (Lipinski definition) is 3. The van der Waals surface area contributed by atoms with Crippen LogP contribution >= 0.6 is 0 Å². The largest absolute Gasteiger partial charge is 0.476 e.